The van der Waals surface area contributed by atoms with Gasteiger partial charge < -0.3 is 4.74 Å². The van der Waals surface area contributed by atoms with Gasteiger partial charge in [-0.05, 0) is 18.6 Å². The van der Waals surface area contributed by atoms with Crippen LogP contribution in [0.5, 0.6) is 5.75 Å². The predicted octanol–water partition coefficient (Wildman–Crippen LogP) is 5.20. The van der Waals surface area contributed by atoms with Crippen LogP contribution >= 0.6 is 0 Å². The molecule has 3 aromatic carbocycles. The van der Waals surface area contributed by atoms with Gasteiger partial charge in [-0.15, -0.1) is 0 Å². The largest absolute Gasteiger partial charge is 0.494 e. The highest BCUT2D eigenvalue weighted by atomic mass is 16.5. The van der Waals surface area contributed by atoms with Crippen molar-refractivity contribution >= 4 is 10.9 Å². The lowest BCUT2D eigenvalue weighted by Crippen LogP contribution is -2.01. The number of aryl methyl sites for hydroxylation is 1. The van der Waals surface area contributed by atoms with Crippen molar-refractivity contribution in [3.63, 3.8) is 0 Å². The fourth-order valence-corrected chi connectivity index (χ4v) is 3.11. The number of hydrogen-bond donors (Lipinski definition) is 0. The van der Waals surface area contributed by atoms with E-state index >= 15 is 0 Å². The highest BCUT2D eigenvalue weighted by molar-refractivity contribution is 5.88. The molecule has 3 nitrogen and oxygen atoms in total. The first kappa shape index (κ1) is 16.3. The number of aromatic nitrogens is 2. The smallest absolute Gasteiger partial charge is 0.160 e. The van der Waals surface area contributed by atoms with Gasteiger partial charge in [0.15, 0.2) is 5.82 Å². The summed E-state index contributed by atoms with van der Waals surface area (Å²) in [4.78, 5) is 9.72. The number of nitrogens with zero attached hydrogens (tertiary/aromatic N) is 2. The van der Waals surface area contributed by atoms with Gasteiger partial charge in [-0.2, -0.15) is 0 Å². The van der Waals surface area contributed by atoms with Crippen molar-refractivity contribution < 1.29 is 4.74 Å². The van der Waals surface area contributed by atoms with Gasteiger partial charge >= 0.3 is 0 Å². The van der Waals surface area contributed by atoms with E-state index in [9.17, 15) is 0 Å². The maximum Gasteiger partial charge on any atom is 0.160 e. The topological polar surface area (TPSA) is 35.0 Å². The average Bonchev–Trinajstić information content (AvgIpc) is 2.69. The van der Waals surface area contributed by atoms with Crippen molar-refractivity contribution in [1.29, 1.82) is 0 Å². The molecule has 0 saturated carbocycles. The first-order valence-electron chi connectivity index (χ1n) is 8.69. The van der Waals surface area contributed by atoms with Crippen molar-refractivity contribution in [3.05, 3.63) is 89.6 Å². The Balaban J connectivity index is 1.92. The van der Waals surface area contributed by atoms with Gasteiger partial charge in [0.05, 0.1) is 12.8 Å². The predicted molar refractivity (Wildman–Crippen MR) is 106 cm³/mol. The maximum absolute atomic E-state index is 5.55. The van der Waals surface area contributed by atoms with E-state index in [4.69, 9.17) is 14.7 Å². The van der Waals surface area contributed by atoms with Gasteiger partial charge in [0.25, 0.3) is 0 Å². The van der Waals surface area contributed by atoms with Crippen LogP contribution in [-0.2, 0) is 6.42 Å². The molecule has 0 aliphatic rings. The second-order valence-electron chi connectivity index (χ2n) is 6.38. The molecule has 0 spiro atoms. The van der Waals surface area contributed by atoms with Crippen LogP contribution in [-0.4, -0.2) is 17.1 Å². The van der Waals surface area contributed by atoms with E-state index in [1.165, 1.54) is 11.1 Å². The van der Waals surface area contributed by atoms with Gasteiger partial charge in [0.2, 0.25) is 0 Å². The Morgan fingerprint density at radius 2 is 1.58 bits per heavy atom. The summed E-state index contributed by atoms with van der Waals surface area (Å²) in [7, 11) is 1.68. The third-order valence-electron chi connectivity index (χ3n) is 4.51. The number of benzene rings is 3. The summed E-state index contributed by atoms with van der Waals surface area (Å²) in [5.41, 5.74) is 5.32. The van der Waals surface area contributed by atoms with E-state index in [1.807, 2.05) is 18.2 Å². The van der Waals surface area contributed by atoms with Crippen LogP contribution in [0, 0.1) is 6.92 Å². The molecule has 0 radical (unpaired) electrons. The van der Waals surface area contributed by atoms with Gasteiger partial charge in [-0.25, -0.2) is 9.97 Å². The first-order valence-corrected chi connectivity index (χ1v) is 8.69. The third kappa shape index (κ3) is 3.16. The number of ether oxygens (including phenoxy) is 1. The Labute approximate surface area is 153 Å². The average molecular weight is 340 g/mol. The summed E-state index contributed by atoms with van der Waals surface area (Å²) in [6.45, 7) is 2.08. The Morgan fingerprint density at radius 3 is 2.31 bits per heavy atom. The van der Waals surface area contributed by atoms with E-state index in [-0.39, 0.29) is 0 Å². The molecule has 0 aliphatic carbocycles. The van der Waals surface area contributed by atoms with Crippen LogP contribution < -0.4 is 4.74 Å². The van der Waals surface area contributed by atoms with Crippen LogP contribution in [0.15, 0.2) is 72.8 Å². The summed E-state index contributed by atoms with van der Waals surface area (Å²) >= 11 is 0. The number of hydrogen-bond acceptors (Lipinski definition) is 3. The fraction of sp³-hybridized carbons (Fsp3) is 0.130. The molecule has 0 bridgehead atoms. The minimum atomic E-state index is 0.730. The molecule has 26 heavy (non-hydrogen) atoms. The molecule has 4 aromatic rings. The zero-order valence-electron chi connectivity index (χ0n) is 14.9. The molecule has 0 amide bonds. The Hall–Kier alpha value is -3.20. The molecule has 128 valence electrons. The second-order valence-corrected chi connectivity index (χ2v) is 6.38. The Kier molecular flexibility index (Phi) is 4.36. The van der Waals surface area contributed by atoms with Gasteiger partial charge in [0.1, 0.15) is 11.3 Å². The molecule has 1 heterocycles. The highest BCUT2D eigenvalue weighted by Gasteiger charge is 2.13. The number of para-hydroxylation sites is 1. The molecule has 1 aromatic heterocycles. The van der Waals surface area contributed by atoms with E-state index in [1.54, 1.807) is 7.11 Å². The summed E-state index contributed by atoms with van der Waals surface area (Å²) < 4.78 is 5.55. The summed E-state index contributed by atoms with van der Waals surface area (Å²) in [6.07, 6.45) is 0.756. The number of methoxy groups -OCH3 is 1. The summed E-state index contributed by atoms with van der Waals surface area (Å²) in [5, 5.41) is 1.03. The second kappa shape index (κ2) is 6.96. The molecule has 0 fully saturated rings. The Morgan fingerprint density at radius 1 is 0.808 bits per heavy atom. The van der Waals surface area contributed by atoms with E-state index in [2.05, 4.69) is 61.5 Å². The molecule has 0 saturated heterocycles. The van der Waals surface area contributed by atoms with Crippen molar-refractivity contribution in [3.8, 4) is 17.1 Å². The monoisotopic (exact) mass is 340 g/mol. The normalized spacial score (nSPS) is 10.8. The van der Waals surface area contributed by atoms with Crippen molar-refractivity contribution in [1.82, 2.24) is 9.97 Å². The SMILES string of the molecule is COc1cccc2c(Cc3ccccc3)nc(-c3ccc(C)cc3)nc12. The van der Waals surface area contributed by atoms with Crippen LogP contribution in [0.2, 0.25) is 0 Å². The van der Waals surface area contributed by atoms with E-state index in [0.29, 0.717) is 0 Å². The van der Waals surface area contributed by atoms with Gasteiger partial charge in [0, 0.05) is 17.4 Å². The van der Waals surface area contributed by atoms with Crippen LogP contribution in [0.4, 0.5) is 0 Å². The molecule has 0 unspecified atom stereocenters. The maximum atomic E-state index is 5.55. The van der Waals surface area contributed by atoms with Gasteiger partial charge in [-0.3, -0.25) is 0 Å². The molecule has 0 N–H and O–H groups in total. The van der Waals surface area contributed by atoms with Crippen LogP contribution in [0.25, 0.3) is 22.3 Å². The van der Waals surface area contributed by atoms with E-state index in [0.717, 1.165) is 40.2 Å². The summed E-state index contributed by atoms with van der Waals surface area (Å²) in [5.74, 6) is 1.50. The number of rotatable bonds is 4. The molecular formula is C23H20N2O. The molecular weight excluding hydrogens is 320 g/mol. The fourth-order valence-electron chi connectivity index (χ4n) is 3.11. The highest BCUT2D eigenvalue weighted by Crippen LogP contribution is 2.29. The third-order valence-corrected chi connectivity index (χ3v) is 4.51. The van der Waals surface area contributed by atoms with Crippen molar-refractivity contribution in [2.24, 2.45) is 0 Å². The lowest BCUT2D eigenvalue weighted by Gasteiger charge is -2.12. The van der Waals surface area contributed by atoms with Crippen molar-refractivity contribution in [2.75, 3.05) is 7.11 Å². The van der Waals surface area contributed by atoms with E-state index < -0.39 is 0 Å². The first-order chi connectivity index (χ1) is 12.7. The van der Waals surface area contributed by atoms with Crippen LogP contribution in [0.1, 0.15) is 16.8 Å². The zero-order chi connectivity index (χ0) is 17.9. The molecule has 0 aliphatic heterocycles. The number of fused-ring (bicyclic) bond motifs is 1. The molecule has 3 heteroatoms. The lowest BCUT2D eigenvalue weighted by atomic mass is 10.0. The zero-order valence-corrected chi connectivity index (χ0v) is 14.9. The standard InChI is InChI=1S/C23H20N2O/c1-16-11-13-18(14-12-16)23-24-20(15-17-7-4-3-5-8-17)19-9-6-10-21(26-2)22(19)25-23/h3-14H,15H2,1-2H3. The molecule has 0 atom stereocenters. The van der Waals surface area contributed by atoms with Gasteiger partial charge in [-0.1, -0.05) is 72.3 Å². The summed E-state index contributed by atoms with van der Waals surface area (Å²) in [6, 6.07) is 24.7. The minimum absolute atomic E-state index is 0.730. The quantitative estimate of drug-likeness (QED) is 0.512. The minimum Gasteiger partial charge on any atom is -0.494 e. The molecule has 4 rings (SSSR count). The van der Waals surface area contributed by atoms with Crippen molar-refractivity contribution in [2.45, 2.75) is 13.3 Å². The lowest BCUT2D eigenvalue weighted by molar-refractivity contribution is 0.419. The van der Waals surface area contributed by atoms with Crippen LogP contribution in [0.3, 0.4) is 0 Å². The Bertz CT molecular complexity index is 1040.